The molecule has 1 N–H and O–H groups in total. The molecule has 15 heavy (non-hydrogen) atoms. The summed E-state index contributed by atoms with van der Waals surface area (Å²) in [5, 5.41) is 3.05. The molecule has 0 bridgehead atoms. The summed E-state index contributed by atoms with van der Waals surface area (Å²) in [6, 6.07) is 7.77. The summed E-state index contributed by atoms with van der Waals surface area (Å²) in [4.78, 5) is 12.0. The van der Waals surface area contributed by atoms with E-state index in [0.717, 1.165) is 24.1 Å². The van der Waals surface area contributed by atoms with Gasteiger partial charge in [0.05, 0.1) is 0 Å². The Kier molecular flexibility index (Phi) is 3.05. The van der Waals surface area contributed by atoms with Crippen LogP contribution in [0.25, 0.3) is 0 Å². The summed E-state index contributed by atoms with van der Waals surface area (Å²) < 4.78 is 0. The van der Waals surface area contributed by atoms with Gasteiger partial charge in [0.1, 0.15) is 0 Å². The lowest BCUT2D eigenvalue weighted by atomic mass is 9.96. The van der Waals surface area contributed by atoms with Crippen LogP contribution >= 0.6 is 0 Å². The molecule has 2 rings (SSSR count). The third-order valence-electron chi connectivity index (χ3n) is 3.18. The number of benzene rings is 1. The van der Waals surface area contributed by atoms with Crippen LogP contribution in [0.1, 0.15) is 36.0 Å². The first-order valence-electron chi connectivity index (χ1n) is 5.63. The zero-order chi connectivity index (χ0) is 10.7. The lowest BCUT2D eigenvalue weighted by Crippen LogP contribution is -2.10. The zero-order valence-corrected chi connectivity index (χ0v) is 9.12. The number of hydrogen-bond acceptors (Lipinski definition) is 2. The highest BCUT2D eigenvalue weighted by Crippen LogP contribution is 2.28. The molecule has 1 aromatic carbocycles. The molecule has 1 aliphatic carbocycles. The predicted molar refractivity (Wildman–Crippen MR) is 62.3 cm³/mol. The Labute approximate surface area is 90.7 Å². The molecular weight excluding hydrogens is 186 g/mol. The fraction of sp³-hybridized carbons (Fsp3) is 0.462. The van der Waals surface area contributed by atoms with E-state index in [4.69, 9.17) is 0 Å². The van der Waals surface area contributed by atoms with Gasteiger partial charge < -0.3 is 5.32 Å². The molecule has 1 saturated carbocycles. The van der Waals surface area contributed by atoms with E-state index in [2.05, 4.69) is 5.32 Å². The van der Waals surface area contributed by atoms with Gasteiger partial charge >= 0.3 is 0 Å². The number of carbonyl (C=O) groups is 1. The zero-order valence-electron chi connectivity index (χ0n) is 9.12. The maximum atomic E-state index is 12.0. The molecule has 0 heterocycles. The Bertz CT molecular complexity index is 336. The van der Waals surface area contributed by atoms with Crippen LogP contribution in [-0.2, 0) is 0 Å². The van der Waals surface area contributed by atoms with Crippen molar-refractivity contribution in [3.05, 3.63) is 29.8 Å². The van der Waals surface area contributed by atoms with Crippen LogP contribution in [0.15, 0.2) is 24.3 Å². The van der Waals surface area contributed by atoms with E-state index < -0.39 is 0 Å². The SMILES string of the molecule is CNc1ccc(C(=O)C2CCCC2)cc1. The Morgan fingerprint density at radius 3 is 2.33 bits per heavy atom. The number of anilines is 1. The molecular formula is C13H17NO. The van der Waals surface area contributed by atoms with Crippen molar-refractivity contribution in [1.29, 1.82) is 0 Å². The quantitative estimate of drug-likeness (QED) is 0.765. The molecule has 0 aliphatic heterocycles. The molecule has 2 nitrogen and oxygen atoms in total. The number of carbonyl (C=O) groups excluding carboxylic acids is 1. The molecule has 1 aromatic rings. The van der Waals surface area contributed by atoms with E-state index in [1.165, 1.54) is 12.8 Å². The molecule has 0 atom stereocenters. The molecule has 0 radical (unpaired) electrons. The van der Waals surface area contributed by atoms with E-state index in [1.54, 1.807) is 0 Å². The highest BCUT2D eigenvalue weighted by Gasteiger charge is 2.23. The lowest BCUT2D eigenvalue weighted by molar-refractivity contribution is 0.0923. The largest absolute Gasteiger partial charge is 0.388 e. The molecule has 0 unspecified atom stereocenters. The van der Waals surface area contributed by atoms with Crippen molar-refractivity contribution in [2.24, 2.45) is 5.92 Å². The fourth-order valence-corrected chi connectivity index (χ4v) is 2.22. The Morgan fingerprint density at radius 1 is 1.20 bits per heavy atom. The first kappa shape index (κ1) is 10.2. The first-order valence-corrected chi connectivity index (χ1v) is 5.63. The van der Waals surface area contributed by atoms with Crippen molar-refractivity contribution in [2.75, 3.05) is 12.4 Å². The van der Waals surface area contributed by atoms with E-state index in [9.17, 15) is 4.79 Å². The smallest absolute Gasteiger partial charge is 0.165 e. The molecule has 2 heteroatoms. The van der Waals surface area contributed by atoms with Crippen LogP contribution in [0, 0.1) is 5.92 Å². The monoisotopic (exact) mass is 203 g/mol. The van der Waals surface area contributed by atoms with Crippen molar-refractivity contribution in [2.45, 2.75) is 25.7 Å². The van der Waals surface area contributed by atoms with Crippen LogP contribution in [0.2, 0.25) is 0 Å². The van der Waals surface area contributed by atoms with Gasteiger partial charge in [-0.3, -0.25) is 4.79 Å². The Hall–Kier alpha value is -1.31. The van der Waals surface area contributed by atoms with Gasteiger partial charge in [-0.1, -0.05) is 12.8 Å². The second-order valence-corrected chi connectivity index (χ2v) is 4.17. The minimum atomic E-state index is 0.283. The van der Waals surface area contributed by atoms with Crippen molar-refractivity contribution >= 4 is 11.5 Å². The van der Waals surface area contributed by atoms with Crippen molar-refractivity contribution in [3.63, 3.8) is 0 Å². The maximum Gasteiger partial charge on any atom is 0.165 e. The summed E-state index contributed by atoms with van der Waals surface area (Å²) in [7, 11) is 1.88. The summed E-state index contributed by atoms with van der Waals surface area (Å²) in [5.41, 5.74) is 1.92. The third kappa shape index (κ3) is 2.20. The topological polar surface area (TPSA) is 29.1 Å². The first-order chi connectivity index (χ1) is 7.31. The summed E-state index contributed by atoms with van der Waals surface area (Å²) >= 11 is 0. The van der Waals surface area contributed by atoms with Gasteiger partial charge in [-0.05, 0) is 37.1 Å². The van der Waals surface area contributed by atoms with Gasteiger partial charge in [0.15, 0.2) is 5.78 Å². The van der Waals surface area contributed by atoms with Crippen LogP contribution < -0.4 is 5.32 Å². The van der Waals surface area contributed by atoms with Gasteiger partial charge in [0.25, 0.3) is 0 Å². The third-order valence-corrected chi connectivity index (χ3v) is 3.18. The molecule has 0 amide bonds. The number of rotatable bonds is 3. The van der Waals surface area contributed by atoms with E-state index in [0.29, 0.717) is 5.78 Å². The highest BCUT2D eigenvalue weighted by molar-refractivity contribution is 5.98. The lowest BCUT2D eigenvalue weighted by Gasteiger charge is -2.08. The van der Waals surface area contributed by atoms with Crippen LogP contribution in [-0.4, -0.2) is 12.8 Å². The van der Waals surface area contributed by atoms with Gasteiger partial charge in [0.2, 0.25) is 0 Å². The summed E-state index contributed by atoms with van der Waals surface area (Å²) in [6.45, 7) is 0. The van der Waals surface area contributed by atoms with Crippen LogP contribution in [0.3, 0.4) is 0 Å². The van der Waals surface area contributed by atoms with E-state index >= 15 is 0 Å². The minimum absolute atomic E-state index is 0.283. The Morgan fingerprint density at radius 2 is 1.80 bits per heavy atom. The average molecular weight is 203 g/mol. The second-order valence-electron chi connectivity index (χ2n) is 4.17. The Balaban J connectivity index is 2.11. The van der Waals surface area contributed by atoms with Gasteiger partial charge in [-0.15, -0.1) is 0 Å². The molecule has 0 spiro atoms. The van der Waals surface area contributed by atoms with Crippen molar-refractivity contribution in [3.8, 4) is 0 Å². The molecule has 0 saturated heterocycles. The molecule has 1 aliphatic rings. The second kappa shape index (κ2) is 4.47. The molecule has 0 aromatic heterocycles. The fourth-order valence-electron chi connectivity index (χ4n) is 2.22. The van der Waals surface area contributed by atoms with Gasteiger partial charge in [-0.2, -0.15) is 0 Å². The number of nitrogens with one attached hydrogen (secondary N) is 1. The van der Waals surface area contributed by atoms with Gasteiger partial charge in [-0.25, -0.2) is 0 Å². The van der Waals surface area contributed by atoms with Crippen LogP contribution in [0.5, 0.6) is 0 Å². The minimum Gasteiger partial charge on any atom is -0.388 e. The van der Waals surface area contributed by atoms with Gasteiger partial charge in [0, 0.05) is 24.2 Å². The normalized spacial score (nSPS) is 16.6. The highest BCUT2D eigenvalue weighted by atomic mass is 16.1. The predicted octanol–water partition coefficient (Wildman–Crippen LogP) is 3.10. The maximum absolute atomic E-state index is 12.0. The number of hydrogen-bond donors (Lipinski definition) is 1. The number of ketones is 1. The average Bonchev–Trinajstić information content (AvgIpc) is 2.82. The molecule has 1 fully saturated rings. The van der Waals surface area contributed by atoms with Crippen molar-refractivity contribution < 1.29 is 4.79 Å². The van der Waals surface area contributed by atoms with E-state index in [1.807, 2.05) is 31.3 Å². The summed E-state index contributed by atoms with van der Waals surface area (Å²) in [5.74, 6) is 0.612. The summed E-state index contributed by atoms with van der Waals surface area (Å²) in [6.07, 6.45) is 4.58. The van der Waals surface area contributed by atoms with E-state index in [-0.39, 0.29) is 5.92 Å². The standard InChI is InChI=1S/C13H17NO/c1-14-12-8-6-11(7-9-12)13(15)10-4-2-3-5-10/h6-10,14H,2-5H2,1H3. The molecule has 80 valence electrons. The number of Topliss-reactive ketones (excluding diaryl/α,β-unsaturated/α-hetero) is 1. The van der Waals surface area contributed by atoms with Crippen LogP contribution in [0.4, 0.5) is 5.69 Å². The van der Waals surface area contributed by atoms with Crippen molar-refractivity contribution in [1.82, 2.24) is 0 Å².